The lowest BCUT2D eigenvalue weighted by Gasteiger charge is -2.16. The molecule has 0 N–H and O–H groups in total. The Morgan fingerprint density at radius 1 is 1.41 bits per heavy atom. The van der Waals surface area contributed by atoms with Gasteiger partial charge in [-0.25, -0.2) is 0 Å². The molecule has 1 aliphatic heterocycles. The predicted octanol–water partition coefficient (Wildman–Crippen LogP) is 2.18. The minimum atomic E-state index is 0.130. The lowest BCUT2D eigenvalue weighted by atomic mass is 10.3. The molecule has 0 aliphatic carbocycles. The topological polar surface area (TPSA) is 46.6 Å². The third-order valence-corrected chi connectivity index (χ3v) is 5.74. The molecule has 22 heavy (non-hydrogen) atoms. The Kier molecular flexibility index (Phi) is 10.0. The maximum atomic E-state index is 10.4. The van der Waals surface area contributed by atoms with Crippen molar-refractivity contribution >= 4 is 36.1 Å². The number of nitrogens with zero attached hydrogens (tertiary/aromatic N) is 1. The van der Waals surface area contributed by atoms with Crippen molar-refractivity contribution in [1.82, 2.24) is 4.90 Å². The number of carbonyl (C=O) groups excluding carboxylic acids is 2. The Labute approximate surface area is 141 Å². The summed E-state index contributed by atoms with van der Waals surface area (Å²) in [5, 5.41) is 0.538. The van der Waals surface area contributed by atoms with Gasteiger partial charge in [0.15, 0.2) is 12.6 Å². The molecule has 0 radical (unpaired) electrons. The van der Waals surface area contributed by atoms with Crippen molar-refractivity contribution in [2.45, 2.75) is 5.25 Å². The highest BCUT2D eigenvalue weighted by Gasteiger charge is 2.14. The molecular weight excluding hydrogens is 318 g/mol. The van der Waals surface area contributed by atoms with E-state index in [1.807, 2.05) is 41.7 Å². The maximum absolute atomic E-state index is 10.4. The van der Waals surface area contributed by atoms with Crippen molar-refractivity contribution in [3.63, 3.8) is 0 Å². The normalized spacial score (nSPS) is 18.8. The first-order valence-electron chi connectivity index (χ1n) is 7.08. The maximum Gasteiger partial charge on any atom is 0.153 e. The van der Waals surface area contributed by atoms with Crippen LogP contribution in [-0.2, 0) is 14.3 Å². The fourth-order valence-electron chi connectivity index (χ4n) is 1.66. The molecule has 1 fully saturated rings. The Morgan fingerprint density at radius 2 is 2.18 bits per heavy atom. The average molecular weight is 341 g/mol. The summed E-state index contributed by atoms with van der Waals surface area (Å²) in [4.78, 5) is 22.8. The predicted molar refractivity (Wildman–Crippen MR) is 95.5 cm³/mol. The molecule has 1 heterocycles. The largest absolute Gasteiger partial charge is 0.378 e. The fraction of sp³-hybridized carbons (Fsp3) is 0.500. The molecule has 0 aromatic rings. The van der Waals surface area contributed by atoms with E-state index < -0.39 is 0 Å². The summed E-state index contributed by atoms with van der Waals surface area (Å²) in [5.41, 5.74) is 1.44. The Hall–Kier alpha value is -0.980. The molecule has 6 heteroatoms. The summed E-state index contributed by atoms with van der Waals surface area (Å²) >= 11 is 3.86. The zero-order valence-electron chi connectivity index (χ0n) is 12.9. The zero-order chi connectivity index (χ0) is 16.2. The van der Waals surface area contributed by atoms with Crippen LogP contribution in [0, 0.1) is 0 Å². The van der Waals surface area contributed by atoms with Gasteiger partial charge in [0.25, 0.3) is 0 Å². The molecule has 1 atom stereocenters. The van der Waals surface area contributed by atoms with Gasteiger partial charge < -0.3 is 9.64 Å². The molecule has 1 aliphatic rings. The summed E-state index contributed by atoms with van der Waals surface area (Å²) in [5.74, 6) is 3.21. The molecule has 0 saturated carbocycles. The van der Waals surface area contributed by atoms with Crippen molar-refractivity contribution in [2.75, 3.05) is 44.1 Å². The van der Waals surface area contributed by atoms with Crippen LogP contribution in [0.3, 0.4) is 0 Å². The van der Waals surface area contributed by atoms with Crippen molar-refractivity contribution in [1.29, 1.82) is 0 Å². The standard InChI is InChI=1S/C16H23NO3S2/c1-14-11-21-13-16(22-12-14)10-20-7-6-17(2)5-3-4-15(8-18)9-19/h3-5,8-9,16H,1,6-7,10-13H2,2H3/b5-3+. The van der Waals surface area contributed by atoms with E-state index in [4.69, 9.17) is 4.74 Å². The molecule has 1 rings (SSSR count). The van der Waals surface area contributed by atoms with E-state index in [0.717, 1.165) is 30.4 Å². The van der Waals surface area contributed by atoms with E-state index in [0.29, 0.717) is 24.4 Å². The smallest absolute Gasteiger partial charge is 0.153 e. The van der Waals surface area contributed by atoms with Gasteiger partial charge in [-0.3, -0.25) is 9.59 Å². The summed E-state index contributed by atoms with van der Waals surface area (Å²) in [6, 6.07) is 0. The van der Waals surface area contributed by atoms with Crippen molar-refractivity contribution in [2.24, 2.45) is 0 Å². The first-order valence-corrected chi connectivity index (χ1v) is 9.29. The Bertz CT molecular complexity index is 425. The Balaban J connectivity index is 2.16. The van der Waals surface area contributed by atoms with Crippen LogP contribution >= 0.6 is 23.5 Å². The zero-order valence-corrected chi connectivity index (χ0v) is 14.5. The number of rotatable bonds is 9. The van der Waals surface area contributed by atoms with Crippen molar-refractivity contribution in [3.05, 3.63) is 36.1 Å². The monoisotopic (exact) mass is 341 g/mol. The van der Waals surface area contributed by atoms with Crippen molar-refractivity contribution in [3.8, 4) is 0 Å². The summed E-state index contributed by atoms with van der Waals surface area (Å²) in [6.45, 7) is 6.22. The van der Waals surface area contributed by atoms with Gasteiger partial charge in [0.2, 0.25) is 0 Å². The fourth-order valence-corrected chi connectivity index (χ4v) is 4.10. The highest BCUT2D eigenvalue weighted by molar-refractivity contribution is 8.04. The third-order valence-electron chi connectivity index (χ3n) is 2.93. The molecule has 0 aromatic heterocycles. The molecular formula is C16H23NO3S2. The SMILES string of the molecule is C=C1CSCC(COCCN(C)/C=C/C=C(C=O)C=O)SC1. The van der Waals surface area contributed by atoms with Crippen LogP contribution in [0.2, 0.25) is 0 Å². The minimum Gasteiger partial charge on any atom is -0.378 e. The number of ether oxygens (including phenoxy) is 1. The van der Waals surface area contributed by atoms with Gasteiger partial charge in [-0.15, -0.1) is 0 Å². The van der Waals surface area contributed by atoms with Crippen LogP contribution in [0.15, 0.2) is 36.1 Å². The molecule has 0 amide bonds. The highest BCUT2D eigenvalue weighted by Crippen LogP contribution is 2.25. The van der Waals surface area contributed by atoms with E-state index >= 15 is 0 Å². The Morgan fingerprint density at radius 3 is 2.91 bits per heavy atom. The summed E-state index contributed by atoms with van der Waals surface area (Å²) in [7, 11) is 1.93. The minimum absolute atomic E-state index is 0.130. The molecule has 1 unspecified atom stereocenters. The third kappa shape index (κ3) is 8.46. The quantitative estimate of drug-likeness (QED) is 0.122. The van der Waals surface area contributed by atoms with Gasteiger partial charge in [0.1, 0.15) is 0 Å². The molecule has 0 bridgehead atoms. The second-order valence-corrected chi connectivity index (χ2v) is 7.32. The number of thioether (sulfide) groups is 2. The van der Waals surface area contributed by atoms with E-state index in [9.17, 15) is 9.59 Å². The first-order chi connectivity index (χ1) is 10.7. The van der Waals surface area contributed by atoms with Gasteiger partial charge in [0, 0.05) is 36.1 Å². The van der Waals surface area contributed by atoms with Gasteiger partial charge in [0.05, 0.1) is 18.8 Å². The van der Waals surface area contributed by atoms with E-state index in [1.54, 1.807) is 6.08 Å². The molecule has 1 saturated heterocycles. The molecule has 0 spiro atoms. The highest BCUT2D eigenvalue weighted by atomic mass is 32.2. The van der Waals surface area contributed by atoms with Gasteiger partial charge in [-0.05, 0) is 18.4 Å². The molecule has 0 aromatic carbocycles. The van der Waals surface area contributed by atoms with Crippen LogP contribution < -0.4 is 0 Å². The second-order valence-electron chi connectivity index (χ2n) is 5.00. The lowest BCUT2D eigenvalue weighted by molar-refractivity contribution is -0.109. The van der Waals surface area contributed by atoms with Gasteiger partial charge in [-0.2, -0.15) is 23.5 Å². The number of aldehydes is 2. The summed E-state index contributed by atoms with van der Waals surface area (Å²) in [6.07, 6.45) is 6.07. The number of likely N-dealkylation sites (N-methyl/N-ethyl adjacent to an activating group) is 1. The van der Waals surface area contributed by atoms with Crippen LogP contribution in [0.1, 0.15) is 0 Å². The van der Waals surface area contributed by atoms with Gasteiger partial charge in [-0.1, -0.05) is 12.2 Å². The summed E-state index contributed by atoms with van der Waals surface area (Å²) < 4.78 is 5.74. The van der Waals surface area contributed by atoms with E-state index in [2.05, 4.69) is 6.58 Å². The van der Waals surface area contributed by atoms with Crippen LogP contribution in [-0.4, -0.2) is 66.8 Å². The number of carbonyl (C=O) groups is 2. The first kappa shape index (κ1) is 19.1. The van der Waals surface area contributed by atoms with Crippen LogP contribution in [0.4, 0.5) is 0 Å². The number of hydrogen-bond acceptors (Lipinski definition) is 6. The van der Waals surface area contributed by atoms with Crippen LogP contribution in [0.5, 0.6) is 0 Å². The molecule has 122 valence electrons. The van der Waals surface area contributed by atoms with Gasteiger partial charge >= 0.3 is 0 Å². The molecule has 4 nitrogen and oxygen atoms in total. The lowest BCUT2D eigenvalue weighted by Crippen LogP contribution is -2.21. The van der Waals surface area contributed by atoms with Crippen LogP contribution in [0.25, 0.3) is 0 Å². The average Bonchev–Trinajstić information content (AvgIpc) is 2.73. The van der Waals surface area contributed by atoms with E-state index in [-0.39, 0.29) is 5.57 Å². The van der Waals surface area contributed by atoms with E-state index in [1.165, 1.54) is 11.6 Å². The number of hydrogen-bond donors (Lipinski definition) is 0. The second kappa shape index (κ2) is 11.6. The number of allylic oxidation sites excluding steroid dienone is 3. The van der Waals surface area contributed by atoms with Crippen molar-refractivity contribution < 1.29 is 14.3 Å².